The SMILES string of the molecule is O=C1NC(=S)OC1Cc1ccc(OCCN(c2ccccn2)C2CC2)cc1. The van der Waals surface area contributed by atoms with Crippen LogP contribution in [0.25, 0.3) is 0 Å². The van der Waals surface area contributed by atoms with E-state index < -0.39 is 6.10 Å². The molecule has 2 fully saturated rings. The predicted molar refractivity (Wildman–Crippen MR) is 106 cm³/mol. The van der Waals surface area contributed by atoms with Gasteiger partial charge in [-0.3, -0.25) is 10.1 Å². The van der Waals surface area contributed by atoms with Crippen molar-refractivity contribution in [3.8, 4) is 5.75 Å². The first kappa shape index (κ1) is 17.7. The summed E-state index contributed by atoms with van der Waals surface area (Å²) < 4.78 is 11.2. The van der Waals surface area contributed by atoms with Gasteiger partial charge in [-0.25, -0.2) is 4.98 Å². The van der Waals surface area contributed by atoms with Crippen LogP contribution in [0, 0.1) is 0 Å². The number of carbonyl (C=O) groups is 1. The van der Waals surface area contributed by atoms with Gasteiger partial charge < -0.3 is 14.4 Å². The summed E-state index contributed by atoms with van der Waals surface area (Å²) in [6.07, 6.45) is 4.19. The zero-order valence-corrected chi connectivity index (χ0v) is 15.7. The molecule has 1 aromatic heterocycles. The number of ether oxygens (including phenoxy) is 2. The highest BCUT2D eigenvalue weighted by atomic mass is 32.1. The van der Waals surface area contributed by atoms with Crippen LogP contribution in [0.1, 0.15) is 18.4 Å². The van der Waals surface area contributed by atoms with E-state index in [-0.39, 0.29) is 11.1 Å². The molecule has 140 valence electrons. The summed E-state index contributed by atoms with van der Waals surface area (Å²) >= 11 is 4.85. The van der Waals surface area contributed by atoms with E-state index in [9.17, 15) is 4.79 Å². The first-order valence-corrected chi connectivity index (χ1v) is 9.51. The second kappa shape index (κ2) is 7.92. The first-order chi connectivity index (χ1) is 13.2. The summed E-state index contributed by atoms with van der Waals surface area (Å²) in [6.45, 7) is 1.39. The van der Waals surface area contributed by atoms with Gasteiger partial charge in [0, 0.05) is 18.7 Å². The van der Waals surface area contributed by atoms with Gasteiger partial charge >= 0.3 is 0 Å². The normalized spacial score (nSPS) is 18.7. The van der Waals surface area contributed by atoms with Crippen LogP contribution in [0.2, 0.25) is 0 Å². The third kappa shape index (κ3) is 4.54. The third-order valence-corrected chi connectivity index (χ3v) is 4.84. The van der Waals surface area contributed by atoms with Gasteiger partial charge in [0.15, 0.2) is 6.10 Å². The van der Waals surface area contributed by atoms with Gasteiger partial charge in [-0.15, -0.1) is 0 Å². The molecule has 7 heteroatoms. The zero-order valence-electron chi connectivity index (χ0n) is 14.8. The zero-order chi connectivity index (χ0) is 18.6. The fraction of sp³-hybridized carbons (Fsp3) is 0.350. The molecule has 6 nitrogen and oxygen atoms in total. The standard InChI is InChI=1S/C20H21N3O3S/c24-19-17(26-20(27)22-19)13-14-4-8-16(9-5-14)25-12-11-23(15-6-7-15)18-3-1-2-10-21-18/h1-5,8-10,15,17H,6-7,11-13H2,(H,22,24,27). The van der Waals surface area contributed by atoms with E-state index in [0.29, 0.717) is 19.1 Å². The van der Waals surface area contributed by atoms with E-state index in [1.807, 2.05) is 48.7 Å². The molecule has 1 amide bonds. The number of hydrogen-bond acceptors (Lipinski definition) is 6. The Morgan fingerprint density at radius 3 is 2.67 bits per heavy atom. The number of aromatic nitrogens is 1. The molecule has 27 heavy (non-hydrogen) atoms. The molecule has 2 aliphatic rings. The maximum absolute atomic E-state index is 11.7. The lowest BCUT2D eigenvalue weighted by atomic mass is 10.1. The van der Waals surface area contributed by atoms with Crippen LogP contribution in [-0.2, 0) is 16.0 Å². The Morgan fingerprint density at radius 1 is 1.22 bits per heavy atom. The van der Waals surface area contributed by atoms with Gasteiger partial charge in [-0.2, -0.15) is 0 Å². The molecule has 1 atom stereocenters. The monoisotopic (exact) mass is 383 g/mol. The van der Waals surface area contributed by atoms with Crippen molar-refractivity contribution >= 4 is 29.1 Å². The van der Waals surface area contributed by atoms with Crippen LogP contribution in [0.3, 0.4) is 0 Å². The number of anilines is 1. The molecule has 1 saturated heterocycles. The topological polar surface area (TPSA) is 63.7 Å². The minimum Gasteiger partial charge on any atom is -0.492 e. The molecule has 1 saturated carbocycles. The largest absolute Gasteiger partial charge is 0.492 e. The molecule has 1 aliphatic heterocycles. The van der Waals surface area contributed by atoms with Crippen LogP contribution in [0.4, 0.5) is 5.82 Å². The summed E-state index contributed by atoms with van der Waals surface area (Å²) in [4.78, 5) is 18.4. The molecule has 2 heterocycles. The van der Waals surface area contributed by atoms with Crippen molar-refractivity contribution in [3.63, 3.8) is 0 Å². The van der Waals surface area contributed by atoms with Crippen LogP contribution in [0.5, 0.6) is 5.75 Å². The van der Waals surface area contributed by atoms with Crippen LogP contribution in [-0.4, -0.2) is 41.4 Å². The Labute approximate surface area is 163 Å². The lowest BCUT2D eigenvalue weighted by Crippen LogP contribution is -2.31. The number of amides is 1. The van der Waals surface area contributed by atoms with Crippen molar-refractivity contribution < 1.29 is 14.3 Å². The van der Waals surface area contributed by atoms with Gasteiger partial charge in [0.1, 0.15) is 18.2 Å². The average Bonchev–Trinajstić information content (AvgIpc) is 3.46. The van der Waals surface area contributed by atoms with Gasteiger partial charge in [-0.1, -0.05) is 18.2 Å². The highest BCUT2D eigenvalue weighted by Crippen LogP contribution is 2.30. The molecule has 0 bridgehead atoms. The summed E-state index contributed by atoms with van der Waals surface area (Å²) in [5.41, 5.74) is 1.00. The number of thiocarbonyl (C=S) groups is 1. The number of nitrogens with one attached hydrogen (secondary N) is 1. The average molecular weight is 383 g/mol. The summed E-state index contributed by atoms with van der Waals surface area (Å²) in [6, 6.07) is 14.3. The molecular formula is C20H21N3O3S. The molecule has 1 aromatic carbocycles. The Hall–Kier alpha value is -2.67. The highest BCUT2D eigenvalue weighted by molar-refractivity contribution is 7.80. The molecular weight excluding hydrogens is 362 g/mol. The highest BCUT2D eigenvalue weighted by Gasteiger charge is 2.30. The van der Waals surface area contributed by atoms with Crippen molar-refractivity contribution in [2.24, 2.45) is 0 Å². The first-order valence-electron chi connectivity index (χ1n) is 9.10. The van der Waals surface area contributed by atoms with E-state index in [2.05, 4.69) is 15.2 Å². The van der Waals surface area contributed by atoms with Gasteiger partial charge in [0.05, 0.1) is 6.54 Å². The summed E-state index contributed by atoms with van der Waals surface area (Å²) in [7, 11) is 0. The van der Waals surface area contributed by atoms with Crippen LogP contribution >= 0.6 is 12.2 Å². The van der Waals surface area contributed by atoms with Crippen molar-refractivity contribution in [1.29, 1.82) is 0 Å². The summed E-state index contributed by atoms with van der Waals surface area (Å²) in [5, 5.41) is 2.65. The van der Waals surface area contributed by atoms with Gasteiger partial charge in [0.2, 0.25) is 0 Å². The number of rotatable bonds is 8. The molecule has 2 aromatic rings. The Bertz CT molecular complexity index is 809. The predicted octanol–water partition coefficient (Wildman–Crippen LogP) is 2.47. The third-order valence-electron chi connectivity index (χ3n) is 4.64. The molecule has 1 N–H and O–H groups in total. The number of hydrogen-bond donors (Lipinski definition) is 1. The number of nitrogens with zero attached hydrogens (tertiary/aromatic N) is 2. The molecule has 0 spiro atoms. The van der Waals surface area contributed by atoms with Crippen molar-refractivity contribution in [1.82, 2.24) is 10.3 Å². The van der Waals surface area contributed by atoms with E-state index in [1.54, 1.807) is 0 Å². The van der Waals surface area contributed by atoms with Crippen LogP contribution in [0.15, 0.2) is 48.7 Å². The fourth-order valence-corrected chi connectivity index (χ4v) is 3.34. The van der Waals surface area contributed by atoms with Crippen molar-refractivity contribution in [2.45, 2.75) is 31.4 Å². The second-order valence-electron chi connectivity index (χ2n) is 6.69. The van der Waals surface area contributed by atoms with Gasteiger partial charge in [0.25, 0.3) is 11.1 Å². The van der Waals surface area contributed by atoms with E-state index in [4.69, 9.17) is 21.7 Å². The fourth-order valence-electron chi connectivity index (χ4n) is 3.12. The number of pyridine rings is 1. The lowest BCUT2D eigenvalue weighted by Gasteiger charge is -2.23. The lowest BCUT2D eigenvalue weighted by molar-refractivity contribution is -0.123. The van der Waals surface area contributed by atoms with Crippen LogP contribution < -0.4 is 15.0 Å². The molecule has 4 rings (SSSR count). The minimum atomic E-state index is -0.547. The minimum absolute atomic E-state index is 0.151. The van der Waals surface area contributed by atoms with Crippen molar-refractivity contribution in [3.05, 3.63) is 54.2 Å². The Kier molecular flexibility index (Phi) is 5.20. The van der Waals surface area contributed by atoms with E-state index in [1.165, 1.54) is 12.8 Å². The summed E-state index contributed by atoms with van der Waals surface area (Å²) in [5.74, 6) is 1.63. The molecule has 1 aliphatic carbocycles. The quantitative estimate of drug-likeness (QED) is 0.707. The van der Waals surface area contributed by atoms with Gasteiger partial charge in [-0.05, 0) is 54.9 Å². The van der Waals surface area contributed by atoms with E-state index >= 15 is 0 Å². The van der Waals surface area contributed by atoms with E-state index in [0.717, 1.165) is 23.7 Å². The Balaban J connectivity index is 1.28. The smallest absolute Gasteiger partial charge is 0.268 e. The maximum atomic E-state index is 11.7. The second-order valence-corrected chi connectivity index (χ2v) is 7.06. The maximum Gasteiger partial charge on any atom is 0.268 e. The molecule has 0 radical (unpaired) electrons. The molecule has 1 unspecified atom stereocenters. The number of carbonyl (C=O) groups excluding carboxylic acids is 1. The van der Waals surface area contributed by atoms with Crippen molar-refractivity contribution in [2.75, 3.05) is 18.1 Å². The Morgan fingerprint density at radius 2 is 2.04 bits per heavy atom. The number of benzene rings is 1.